The van der Waals surface area contributed by atoms with E-state index in [9.17, 15) is 9.59 Å². The minimum absolute atomic E-state index is 0.0605. The summed E-state index contributed by atoms with van der Waals surface area (Å²) in [7, 11) is 0. The second-order valence-corrected chi connectivity index (χ2v) is 11.5. The van der Waals surface area contributed by atoms with Gasteiger partial charge < -0.3 is 10.0 Å². The quantitative estimate of drug-likeness (QED) is 0.241. The Labute approximate surface area is 244 Å². The largest absolute Gasteiger partial charge is 0.481 e. The third kappa shape index (κ3) is 6.11. The number of carbonyl (C=O) groups is 2. The molecule has 1 aromatic heterocycles. The number of hydrogen-bond acceptors (Lipinski definition) is 5. The van der Waals surface area contributed by atoms with Crippen molar-refractivity contribution in [1.29, 1.82) is 0 Å². The molecule has 2 fully saturated rings. The number of fused-ring (bicyclic) bond motifs is 3. The summed E-state index contributed by atoms with van der Waals surface area (Å²) in [6, 6.07) is 24.1. The zero-order valence-electron chi connectivity index (χ0n) is 22.9. The van der Waals surface area contributed by atoms with Gasteiger partial charge in [-0.3, -0.25) is 14.5 Å². The van der Waals surface area contributed by atoms with Crippen LogP contribution in [0.1, 0.15) is 53.7 Å². The number of halogens is 1. The summed E-state index contributed by atoms with van der Waals surface area (Å²) in [5.74, 6) is -0.740. The van der Waals surface area contributed by atoms with E-state index in [-0.39, 0.29) is 24.4 Å². The van der Waals surface area contributed by atoms with Gasteiger partial charge in [0.2, 0.25) is 0 Å². The van der Waals surface area contributed by atoms with Gasteiger partial charge in [0.15, 0.2) is 0 Å². The third-order valence-corrected chi connectivity index (χ3v) is 8.45. The number of carboxylic acid groups (broad SMARTS) is 1. The first-order chi connectivity index (χ1) is 19.9. The normalized spacial score (nSPS) is 18.6. The molecule has 0 saturated carbocycles. The first-order valence-electron chi connectivity index (χ1n) is 14.3. The molecule has 6 rings (SSSR count). The maximum Gasteiger partial charge on any atom is 0.303 e. The summed E-state index contributed by atoms with van der Waals surface area (Å²) in [5.41, 5.74) is 5.80. The molecule has 3 aromatic carbocycles. The second-order valence-electron chi connectivity index (χ2n) is 11.1. The molecule has 0 spiro atoms. The summed E-state index contributed by atoms with van der Waals surface area (Å²) >= 11 is 6.12. The van der Waals surface area contributed by atoms with Crippen molar-refractivity contribution in [3.8, 4) is 11.3 Å². The molecule has 41 heavy (non-hydrogen) atoms. The second kappa shape index (κ2) is 12.0. The van der Waals surface area contributed by atoms with Crippen LogP contribution in [0, 0.1) is 0 Å². The van der Waals surface area contributed by atoms with E-state index in [1.807, 2.05) is 48.5 Å². The molecule has 2 saturated heterocycles. The molecule has 0 unspecified atom stereocenters. The Morgan fingerprint density at radius 3 is 2.32 bits per heavy atom. The van der Waals surface area contributed by atoms with Gasteiger partial charge in [0.1, 0.15) is 0 Å². The summed E-state index contributed by atoms with van der Waals surface area (Å²) < 4.78 is 0. The number of aliphatic carboxylic acids is 1. The van der Waals surface area contributed by atoms with Crippen molar-refractivity contribution < 1.29 is 14.7 Å². The zero-order valence-corrected chi connectivity index (χ0v) is 23.6. The third-order valence-electron chi connectivity index (χ3n) is 8.20. The number of unbranched alkanes of at least 4 members (excludes halogenated alkanes) is 1. The van der Waals surface area contributed by atoms with Crippen LogP contribution in [-0.4, -0.2) is 61.9 Å². The van der Waals surface area contributed by atoms with Crippen LogP contribution in [0.3, 0.4) is 0 Å². The fraction of sp³-hybridized carbons (Fsp3) is 0.333. The highest BCUT2D eigenvalue weighted by Gasteiger charge is 2.42. The molecule has 8 heteroatoms. The van der Waals surface area contributed by atoms with E-state index in [1.54, 1.807) is 0 Å². The van der Waals surface area contributed by atoms with Crippen LogP contribution >= 0.6 is 11.6 Å². The van der Waals surface area contributed by atoms with Gasteiger partial charge in [0, 0.05) is 54.3 Å². The van der Waals surface area contributed by atoms with E-state index in [2.05, 4.69) is 34.1 Å². The summed E-state index contributed by atoms with van der Waals surface area (Å²) in [6.45, 7) is 2.68. The van der Waals surface area contributed by atoms with Crippen molar-refractivity contribution in [2.75, 3.05) is 13.1 Å². The van der Waals surface area contributed by atoms with Crippen LogP contribution in [0.5, 0.6) is 0 Å². The molecule has 210 valence electrons. The number of benzene rings is 3. The predicted molar refractivity (Wildman–Crippen MR) is 160 cm³/mol. The number of nitrogens with zero attached hydrogens (tertiary/aromatic N) is 4. The lowest BCUT2D eigenvalue weighted by atomic mass is 10.0. The van der Waals surface area contributed by atoms with E-state index in [4.69, 9.17) is 26.7 Å². The molecule has 2 aliphatic heterocycles. The molecule has 0 aliphatic carbocycles. The van der Waals surface area contributed by atoms with Gasteiger partial charge in [-0.2, -0.15) is 0 Å². The summed E-state index contributed by atoms with van der Waals surface area (Å²) in [5, 5.41) is 9.69. The number of piperazine rings is 1. The molecule has 1 N–H and O–H groups in total. The molecule has 7 nitrogen and oxygen atoms in total. The first kappa shape index (κ1) is 27.4. The lowest BCUT2D eigenvalue weighted by Gasteiger charge is -2.41. The van der Waals surface area contributed by atoms with Gasteiger partial charge >= 0.3 is 5.97 Å². The topological polar surface area (TPSA) is 86.6 Å². The van der Waals surface area contributed by atoms with E-state index >= 15 is 0 Å². The molecule has 1 amide bonds. The number of aromatic nitrogens is 2. The molecule has 2 aliphatic rings. The maximum atomic E-state index is 13.8. The lowest BCUT2D eigenvalue weighted by Crippen LogP contribution is -2.55. The highest BCUT2D eigenvalue weighted by molar-refractivity contribution is 6.30. The fourth-order valence-corrected chi connectivity index (χ4v) is 6.37. The number of amides is 1. The number of aryl methyl sites for hydroxylation is 1. The number of hydrogen-bond donors (Lipinski definition) is 1. The van der Waals surface area contributed by atoms with E-state index < -0.39 is 5.97 Å². The van der Waals surface area contributed by atoms with Gasteiger partial charge in [-0.05, 0) is 68.0 Å². The van der Waals surface area contributed by atoms with Crippen molar-refractivity contribution in [3.05, 3.63) is 94.6 Å². The van der Waals surface area contributed by atoms with Gasteiger partial charge in [-0.1, -0.05) is 54.1 Å². The van der Waals surface area contributed by atoms with Crippen molar-refractivity contribution in [2.45, 2.75) is 57.2 Å². The molecule has 3 heterocycles. The van der Waals surface area contributed by atoms with Crippen LogP contribution in [0.15, 0.2) is 72.8 Å². The van der Waals surface area contributed by atoms with Crippen molar-refractivity contribution in [1.82, 2.24) is 19.8 Å². The fourth-order valence-electron chi connectivity index (χ4n) is 6.25. The summed E-state index contributed by atoms with van der Waals surface area (Å²) in [4.78, 5) is 39.3. The maximum absolute atomic E-state index is 13.8. The van der Waals surface area contributed by atoms with E-state index in [0.29, 0.717) is 35.4 Å². The SMILES string of the molecule is O=C(O)CCCCc1nc2cc(C(=O)N3[C@@H]4CC[C@H]3CN(Cc3ccccc3)C4)ccc2nc1-c1ccc(Cl)cc1. The van der Waals surface area contributed by atoms with Crippen molar-refractivity contribution in [2.24, 2.45) is 0 Å². The minimum Gasteiger partial charge on any atom is -0.481 e. The average Bonchev–Trinajstić information content (AvgIpc) is 3.24. The van der Waals surface area contributed by atoms with E-state index in [0.717, 1.165) is 54.9 Å². The van der Waals surface area contributed by atoms with Gasteiger partial charge in [0.25, 0.3) is 5.91 Å². The number of carboxylic acids is 1. The van der Waals surface area contributed by atoms with Gasteiger partial charge in [0.05, 0.1) is 22.4 Å². The van der Waals surface area contributed by atoms with Crippen LogP contribution in [0.4, 0.5) is 0 Å². The Bertz CT molecular complexity index is 1550. The molecule has 0 radical (unpaired) electrons. The Morgan fingerprint density at radius 1 is 0.878 bits per heavy atom. The number of carbonyl (C=O) groups excluding carboxylic acids is 1. The average molecular weight is 569 g/mol. The molecular weight excluding hydrogens is 536 g/mol. The van der Waals surface area contributed by atoms with Crippen molar-refractivity contribution >= 4 is 34.5 Å². The highest BCUT2D eigenvalue weighted by atomic mass is 35.5. The predicted octanol–water partition coefficient (Wildman–Crippen LogP) is 6.24. The summed E-state index contributed by atoms with van der Waals surface area (Å²) in [6.07, 6.45) is 4.02. The van der Waals surface area contributed by atoms with Crippen LogP contribution in [0.2, 0.25) is 5.02 Å². The molecule has 4 aromatic rings. The van der Waals surface area contributed by atoms with Crippen LogP contribution in [-0.2, 0) is 17.8 Å². The van der Waals surface area contributed by atoms with Gasteiger partial charge in [-0.15, -0.1) is 0 Å². The van der Waals surface area contributed by atoms with Crippen LogP contribution < -0.4 is 0 Å². The monoisotopic (exact) mass is 568 g/mol. The zero-order chi connectivity index (χ0) is 28.3. The van der Waals surface area contributed by atoms with Crippen molar-refractivity contribution in [3.63, 3.8) is 0 Å². The van der Waals surface area contributed by atoms with Gasteiger partial charge in [-0.25, -0.2) is 9.97 Å². The molecule has 2 bridgehead atoms. The Kier molecular flexibility index (Phi) is 7.99. The standard InChI is InChI=1S/C33H33ClN4O3/c34-25-13-10-23(11-14-25)32-29(8-4-5-9-31(39)40)35-30-18-24(12-17-28(30)36-32)33(41)38-26-15-16-27(38)21-37(20-26)19-22-6-2-1-3-7-22/h1-3,6-7,10-14,17-18,26-27H,4-5,8-9,15-16,19-21H2,(H,39,40)/t26-,27+. The number of rotatable bonds is 9. The Hall–Kier alpha value is -3.81. The van der Waals surface area contributed by atoms with Crippen LogP contribution in [0.25, 0.3) is 22.3 Å². The lowest BCUT2D eigenvalue weighted by molar-refractivity contribution is -0.137. The van der Waals surface area contributed by atoms with E-state index in [1.165, 1.54) is 5.56 Å². The molecular formula is C33H33ClN4O3. The minimum atomic E-state index is -0.800. The smallest absolute Gasteiger partial charge is 0.303 e. The first-order valence-corrected chi connectivity index (χ1v) is 14.7. The Balaban J connectivity index is 1.24. The highest BCUT2D eigenvalue weighted by Crippen LogP contribution is 2.33. The number of likely N-dealkylation sites (tertiary alicyclic amines) is 1. The molecule has 2 atom stereocenters. The Morgan fingerprint density at radius 2 is 1.61 bits per heavy atom.